The number of amides is 2. The minimum Gasteiger partial charge on any atom is -0.480 e. The van der Waals surface area contributed by atoms with Gasteiger partial charge in [0.05, 0.1) is 0 Å². The lowest BCUT2D eigenvalue weighted by atomic mass is 10.0. The third kappa shape index (κ3) is 7.76. The molecule has 1 fully saturated rings. The van der Waals surface area contributed by atoms with E-state index in [4.69, 9.17) is 4.74 Å². The number of carbonyl (C=O) groups is 4. The van der Waals surface area contributed by atoms with Crippen molar-refractivity contribution in [2.45, 2.75) is 58.7 Å². The van der Waals surface area contributed by atoms with Crippen LogP contribution in [0.15, 0.2) is 0 Å². The first-order valence-corrected chi connectivity index (χ1v) is 9.26. The molecule has 25 heavy (non-hydrogen) atoms. The second-order valence-electron chi connectivity index (χ2n) is 7.21. The summed E-state index contributed by atoms with van der Waals surface area (Å²) in [5.41, 5.74) is 0.0639. The number of rotatable bonds is 8. The molecule has 8 nitrogen and oxygen atoms in total. The third-order valence-corrected chi connectivity index (χ3v) is 5.02. The Morgan fingerprint density at radius 3 is 2.56 bits per heavy atom. The van der Waals surface area contributed by atoms with Gasteiger partial charge in [-0.2, -0.15) is 11.8 Å². The van der Waals surface area contributed by atoms with Crippen molar-refractivity contribution in [1.82, 2.24) is 10.6 Å². The van der Waals surface area contributed by atoms with E-state index in [2.05, 4.69) is 10.6 Å². The highest BCUT2D eigenvalue weighted by Gasteiger charge is 2.33. The number of ether oxygens (including phenoxy) is 1. The zero-order chi connectivity index (χ0) is 19.2. The van der Waals surface area contributed by atoms with E-state index in [0.29, 0.717) is 0 Å². The maximum Gasteiger partial charge on any atom is 0.329 e. The van der Waals surface area contributed by atoms with Gasteiger partial charge in [0.15, 0.2) is 6.10 Å². The van der Waals surface area contributed by atoms with Gasteiger partial charge in [-0.1, -0.05) is 20.8 Å². The van der Waals surface area contributed by atoms with Crippen LogP contribution in [0.2, 0.25) is 0 Å². The predicted octanol–water partition coefficient (Wildman–Crippen LogP) is 0.545. The first-order valence-electron chi connectivity index (χ1n) is 8.10. The minimum atomic E-state index is -1.10. The van der Waals surface area contributed by atoms with Crippen LogP contribution < -0.4 is 10.6 Å². The molecule has 3 N–H and O–H groups in total. The summed E-state index contributed by atoms with van der Waals surface area (Å²) in [7, 11) is 0. The maximum atomic E-state index is 12.0. The molecule has 0 spiro atoms. The number of carboxylic acid groups (broad SMARTS) is 1. The predicted molar refractivity (Wildman–Crippen MR) is 93.1 cm³/mol. The van der Waals surface area contributed by atoms with Crippen LogP contribution in [0.5, 0.6) is 0 Å². The maximum absolute atomic E-state index is 12.0. The van der Waals surface area contributed by atoms with E-state index in [1.807, 2.05) is 20.8 Å². The molecule has 1 aliphatic rings. The van der Waals surface area contributed by atoms with Crippen LogP contribution in [0, 0.1) is 5.41 Å². The lowest BCUT2D eigenvalue weighted by molar-refractivity contribution is -0.164. The molecule has 0 aromatic heterocycles. The first kappa shape index (κ1) is 21.3. The fourth-order valence-electron chi connectivity index (χ4n) is 2.05. The molecule has 1 heterocycles. The van der Waals surface area contributed by atoms with E-state index in [-0.39, 0.29) is 24.0 Å². The lowest BCUT2D eigenvalue weighted by Crippen LogP contribution is -2.53. The Hall–Kier alpha value is -1.77. The molecule has 1 saturated heterocycles. The SMILES string of the molecule is CC1OC(=O)[C@H](CCC(=O)N[C@@H](CSCC(C)(C)C)C(=O)O)NC1=O. The number of cyclic esters (lactones) is 1. The van der Waals surface area contributed by atoms with E-state index < -0.39 is 41.9 Å². The number of thioether (sulfide) groups is 1. The first-order chi connectivity index (χ1) is 11.5. The molecule has 0 aromatic rings. The van der Waals surface area contributed by atoms with E-state index in [0.717, 1.165) is 5.75 Å². The van der Waals surface area contributed by atoms with Crippen molar-refractivity contribution in [3.05, 3.63) is 0 Å². The summed E-state index contributed by atoms with van der Waals surface area (Å²) >= 11 is 1.46. The Kier molecular flexibility index (Phi) is 7.72. The summed E-state index contributed by atoms with van der Waals surface area (Å²) in [5.74, 6) is -1.55. The van der Waals surface area contributed by atoms with Crippen LogP contribution >= 0.6 is 11.8 Å². The van der Waals surface area contributed by atoms with E-state index in [1.54, 1.807) is 0 Å². The van der Waals surface area contributed by atoms with Crippen molar-refractivity contribution in [3.8, 4) is 0 Å². The molecule has 3 atom stereocenters. The fourth-order valence-corrected chi connectivity index (χ4v) is 3.24. The van der Waals surface area contributed by atoms with Crippen molar-refractivity contribution >= 4 is 35.5 Å². The van der Waals surface area contributed by atoms with Crippen molar-refractivity contribution in [2.24, 2.45) is 5.41 Å². The molecule has 0 aromatic carbocycles. The Morgan fingerprint density at radius 1 is 1.36 bits per heavy atom. The van der Waals surface area contributed by atoms with Gasteiger partial charge in [0, 0.05) is 12.2 Å². The Morgan fingerprint density at radius 2 is 2.00 bits per heavy atom. The van der Waals surface area contributed by atoms with Crippen molar-refractivity contribution in [3.63, 3.8) is 0 Å². The summed E-state index contributed by atoms with van der Waals surface area (Å²) in [6.45, 7) is 7.61. The smallest absolute Gasteiger partial charge is 0.329 e. The monoisotopic (exact) mass is 374 g/mol. The van der Waals surface area contributed by atoms with Crippen LogP contribution in [-0.2, 0) is 23.9 Å². The van der Waals surface area contributed by atoms with Crippen molar-refractivity contribution in [1.29, 1.82) is 0 Å². The molecule has 0 radical (unpaired) electrons. The summed E-state index contributed by atoms with van der Waals surface area (Å²) in [6, 6.07) is -1.87. The van der Waals surface area contributed by atoms with E-state index in [1.165, 1.54) is 18.7 Å². The number of aliphatic carboxylic acids is 1. The van der Waals surface area contributed by atoms with Gasteiger partial charge < -0.3 is 20.5 Å². The Balaban J connectivity index is 2.43. The van der Waals surface area contributed by atoms with Gasteiger partial charge in [0.25, 0.3) is 5.91 Å². The standard InChI is InChI=1S/C16H26N2O6S/c1-9-13(20)18-10(15(23)24-9)5-6-12(19)17-11(14(21)22)7-25-8-16(2,3)4/h9-11H,5-8H2,1-4H3,(H,17,19)(H,18,20)(H,21,22)/t9?,10-,11-/m0/s1. The highest BCUT2D eigenvalue weighted by atomic mass is 32.2. The molecule has 1 rings (SSSR count). The second-order valence-corrected chi connectivity index (χ2v) is 8.24. The summed E-state index contributed by atoms with van der Waals surface area (Å²) in [4.78, 5) is 46.4. The molecule has 142 valence electrons. The quantitative estimate of drug-likeness (QED) is 0.530. The van der Waals surface area contributed by atoms with Gasteiger partial charge in [-0.3, -0.25) is 9.59 Å². The molecule has 0 bridgehead atoms. The van der Waals surface area contributed by atoms with Crippen LogP contribution in [0.3, 0.4) is 0 Å². The summed E-state index contributed by atoms with van der Waals surface area (Å²) < 4.78 is 4.87. The van der Waals surface area contributed by atoms with Gasteiger partial charge in [0.2, 0.25) is 5.91 Å². The number of carboxylic acids is 1. The normalized spacial score (nSPS) is 21.9. The molecule has 2 amide bonds. The van der Waals surface area contributed by atoms with Crippen molar-refractivity contribution < 1.29 is 29.0 Å². The molecule has 9 heteroatoms. The zero-order valence-corrected chi connectivity index (χ0v) is 15.8. The molecule has 1 aliphatic heterocycles. The lowest BCUT2D eigenvalue weighted by Gasteiger charge is -2.26. The van der Waals surface area contributed by atoms with Crippen LogP contribution in [0.4, 0.5) is 0 Å². The second kappa shape index (κ2) is 9.07. The van der Waals surface area contributed by atoms with Gasteiger partial charge in [-0.25, -0.2) is 9.59 Å². The van der Waals surface area contributed by atoms with Gasteiger partial charge in [-0.15, -0.1) is 0 Å². The average molecular weight is 374 g/mol. The number of morpholine rings is 1. The number of hydrogen-bond acceptors (Lipinski definition) is 6. The van der Waals surface area contributed by atoms with Crippen LogP contribution in [0.1, 0.15) is 40.5 Å². The van der Waals surface area contributed by atoms with E-state index in [9.17, 15) is 24.3 Å². The van der Waals surface area contributed by atoms with Gasteiger partial charge >= 0.3 is 11.9 Å². The third-order valence-electron chi connectivity index (χ3n) is 3.38. The highest BCUT2D eigenvalue weighted by molar-refractivity contribution is 7.99. The number of hydrogen-bond donors (Lipinski definition) is 3. The van der Waals surface area contributed by atoms with Gasteiger partial charge in [0.1, 0.15) is 12.1 Å². The number of nitrogens with one attached hydrogen (secondary N) is 2. The fraction of sp³-hybridized carbons (Fsp3) is 0.750. The Labute approximate surface area is 151 Å². The number of esters is 1. The number of carbonyl (C=O) groups excluding carboxylic acids is 3. The molecule has 0 aliphatic carbocycles. The average Bonchev–Trinajstić information content (AvgIpc) is 2.47. The molecular formula is C16H26N2O6S. The molecule has 0 saturated carbocycles. The topological polar surface area (TPSA) is 122 Å². The summed E-state index contributed by atoms with van der Waals surface area (Å²) in [5, 5.41) is 14.2. The van der Waals surface area contributed by atoms with E-state index >= 15 is 0 Å². The summed E-state index contributed by atoms with van der Waals surface area (Å²) in [6.07, 6.45) is -0.860. The van der Waals surface area contributed by atoms with Crippen LogP contribution in [-0.4, -0.2) is 58.6 Å². The van der Waals surface area contributed by atoms with Crippen molar-refractivity contribution in [2.75, 3.05) is 11.5 Å². The zero-order valence-electron chi connectivity index (χ0n) is 15.0. The molecular weight excluding hydrogens is 348 g/mol. The Bertz CT molecular complexity index is 531. The largest absolute Gasteiger partial charge is 0.480 e. The molecule has 1 unspecified atom stereocenters. The van der Waals surface area contributed by atoms with Crippen LogP contribution in [0.25, 0.3) is 0 Å². The minimum absolute atomic E-state index is 0.0601. The highest BCUT2D eigenvalue weighted by Crippen LogP contribution is 2.21. The van der Waals surface area contributed by atoms with Gasteiger partial charge in [-0.05, 0) is 24.5 Å².